The van der Waals surface area contributed by atoms with E-state index in [1.807, 2.05) is 6.92 Å². The fraction of sp³-hybridized carbons (Fsp3) is 0.457. The highest BCUT2D eigenvalue weighted by Gasteiger charge is 2.22. The predicted octanol–water partition coefficient (Wildman–Crippen LogP) is -0.0433. The lowest BCUT2D eigenvalue weighted by Crippen LogP contribution is -2.41. The van der Waals surface area contributed by atoms with Crippen LogP contribution in [0.2, 0.25) is 0 Å². The molecule has 296 valence electrons. The van der Waals surface area contributed by atoms with Crippen LogP contribution < -0.4 is 48.7 Å². The summed E-state index contributed by atoms with van der Waals surface area (Å²) in [6.45, 7) is 5.87. The minimum Gasteiger partial charge on any atom is -0.480 e. The number of ether oxygens (including phenoxy) is 3. The lowest BCUT2D eigenvalue weighted by atomic mass is 10.1. The van der Waals surface area contributed by atoms with Crippen LogP contribution in [0.5, 0.6) is 0 Å². The van der Waals surface area contributed by atoms with Gasteiger partial charge in [0.15, 0.2) is 11.2 Å². The highest BCUT2D eigenvalue weighted by molar-refractivity contribution is 5.97. The third-order valence-corrected chi connectivity index (χ3v) is 7.93. The minimum atomic E-state index is -1.27. The molecule has 0 aliphatic rings. The van der Waals surface area contributed by atoms with Crippen LogP contribution in [0.25, 0.3) is 11.2 Å². The Morgan fingerprint density at radius 3 is 2.15 bits per heavy atom. The molecule has 2 heterocycles. The molecule has 9 N–H and O–H groups in total. The molecule has 20 nitrogen and oxygen atoms in total. The van der Waals surface area contributed by atoms with Gasteiger partial charge in [-0.25, -0.2) is 14.8 Å². The second kappa shape index (κ2) is 21.6. The number of nitrogens with zero attached hydrogens (tertiary/aromatic N) is 3. The Bertz CT molecular complexity index is 2010. The summed E-state index contributed by atoms with van der Waals surface area (Å²) in [4.78, 5) is 86.7. The maximum atomic E-state index is 12.8. The molecule has 2 aromatic heterocycles. The van der Waals surface area contributed by atoms with Crippen LogP contribution in [0, 0.1) is 0 Å². The summed E-state index contributed by atoms with van der Waals surface area (Å²) < 4.78 is 16.5. The van der Waals surface area contributed by atoms with Gasteiger partial charge in [0, 0.05) is 50.5 Å². The van der Waals surface area contributed by atoms with E-state index in [1.165, 1.54) is 18.3 Å². The maximum absolute atomic E-state index is 12.8. The number of H-pyrrole nitrogens is 1. The molecule has 0 radical (unpaired) electrons. The van der Waals surface area contributed by atoms with Crippen LogP contribution in [0.3, 0.4) is 0 Å². The summed E-state index contributed by atoms with van der Waals surface area (Å²) in [6, 6.07) is 5.03. The number of nitrogens with one attached hydrogen (secondary N) is 6. The van der Waals surface area contributed by atoms with Crippen molar-refractivity contribution in [3.8, 4) is 0 Å². The fourth-order valence-corrected chi connectivity index (χ4v) is 5.09. The summed E-state index contributed by atoms with van der Waals surface area (Å²) in [5.41, 5.74) is 6.21. The molecule has 0 saturated carbocycles. The number of fused-ring (bicyclic) bond motifs is 1. The third kappa shape index (κ3) is 13.1. The zero-order chi connectivity index (χ0) is 39.6. The molecule has 4 aromatic rings. The number of hydrogen-bond donors (Lipinski definition) is 8. The fourth-order valence-electron chi connectivity index (χ4n) is 5.09. The molecule has 0 aliphatic heterocycles. The number of aromatic nitrogens is 4. The van der Waals surface area contributed by atoms with Crippen molar-refractivity contribution in [2.24, 2.45) is 0 Å². The third-order valence-electron chi connectivity index (χ3n) is 7.93. The Labute approximate surface area is 314 Å². The summed E-state index contributed by atoms with van der Waals surface area (Å²) >= 11 is 0. The van der Waals surface area contributed by atoms with Crippen molar-refractivity contribution in [3.63, 3.8) is 0 Å². The van der Waals surface area contributed by atoms with Gasteiger partial charge in [-0.15, -0.1) is 0 Å². The molecule has 2 amide bonds. The molecule has 0 aliphatic carbocycles. The van der Waals surface area contributed by atoms with Gasteiger partial charge < -0.3 is 51.6 Å². The highest BCUT2D eigenvalue weighted by Crippen LogP contribution is 2.14. The van der Waals surface area contributed by atoms with Gasteiger partial charge in [0.25, 0.3) is 22.3 Å². The number of nitrogens with two attached hydrogens (primary N) is 1. The molecular weight excluding hydrogens is 720 g/mol. The lowest BCUT2D eigenvalue weighted by Gasteiger charge is -2.15. The van der Waals surface area contributed by atoms with Crippen molar-refractivity contribution in [2.45, 2.75) is 45.2 Å². The van der Waals surface area contributed by atoms with Gasteiger partial charge in [-0.2, -0.15) is 4.98 Å². The van der Waals surface area contributed by atoms with Gasteiger partial charge >= 0.3 is 5.97 Å². The first-order valence-corrected chi connectivity index (χ1v) is 17.8. The summed E-state index contributed by atoms with van der Waals surface area (Å²) in [7, 11) is 0. The van der Waals surface area contributed by atoms with E-state index in [1.54, 1.807) is 12.1 Å². The minimum absolute atomic E-state index is 0.0519. The van der Waals surface area contributed by atoms with Crippen molar-refractivity contribution in [1.82, 2.24) is 30.6 Å². The molecule has 0 fully saturated rings. The van der Waals surface area contributed by atoms with E-state index in [0.29, 0.717) is 94.9 Å². The topological polar surface area (TPSA) is 291 Å². The van der Waals surface area contributed by atoms with Crippen LogP contribution in [0.15, 0.2) is 44.8 Å². The van der Waals surface area contributed by atoms with E-state index in [9.17, 15) is 33.9 Å². The first-order valence-electron chi connectivity index (χ1n) is 17.8. The van der Waals surface area contributed by atoms with E-state index < -0.39 is 34.3 Å². The number of carbonyl (C=O) groups is 3. The number of anilines is 4. The quantitative estimate of drug-likeness (QED) is 0.0307. The van der Waals surface area contributed by atoms with Crippen molar-refractivity contribution >= 4 is 52.0 Å². The van der Waals surface area contributed by atoms with Crippen molar-refractivity contribution in [1.29, 1.82) is 0 Å². The molecule has 0 saturated heterocycles. The van der Waals surface area contributed by atoms with Crippen LogP contribution in [0.1, 0.15) is 48.7 Å². The number of hydrogen-bond acceptors (Lipinski definition) is 16. The summed E-state index contributed by atoms with van der Waals surface area (Å²) in [5.74, 6) is -2.28. The van der Waals surface area contributed by atoms with Crippen molar-refractivity contribution in [3.05, 3.63) is 72.5 Å². The van der Waals surface area contributed by atoms with E-state index in [2.05, 4.69) is 46.5 Å². The number of aliphatic carboxylic acids is 1. The van der Waals surface area contributed by atoms with Gasteiger partial charge in [-0.05, 0) is 50.5 Å². The molecule has 1 atom stereocenters. The Hall–Kier alpha value is -5.99. The molecule has 2 aromatic carbocycles. The van der Waals surface area contributed by atoms with E-state index in [4.69, 9.17) is 19.9 Å². The molecule has 0 bridgehead atoms. The average Bonchev–Trinajstić information content (AvgIpc) is 3.17. The smallest absolute Gasteiger partial charge is 0.326 e. The molecule has 55 heavy (non-hydrogen) atoms. The van der Waals surface area contributed by atoms with Gasteiger partial charge in [0.05, 0.1) is 44.9 Å². The monoisotopic (exact) mass is 766 g/mol. The first kappa shape index (κ1) is 41.8. The average molecular weight is 767 g/mol. The molecule has 20 heteroatoms. The lowest BCUT2D eigenvalue weighted by molar-refractivity contribution is -0.139. The summed E-state index contributed by atoms with van der Waals surface area (Å²) in [6.07, 6.45) is 2.46. The number of aromatic amines is 1. The van der Waals surface area contributed by atoms with Crippen LogP contribution in [-0.2, 0) is 30.3 Å². The number of rotatable bonds is 26. The normalized spacial score (nSPS) is 11.7. The number of carbonyl (C=O) groups excluding carboxylic acids is 2. The first-order chi connectivity index (χ1) is 26.6. The molecule has 0 spiro atoms. The van der Waals surface area contributed by atoms with Gasteiger partial charge in [-0.3, -0.25) is 29.0 Å². The Balaban J connectivity index is 1.00. The number of nitrogen functional groups attached to an aromatic ring is 1. The van der Waals surface area contributed by atoms with Gasteiger partial charge in [-0.1, -0.05) is 0 Å². The van der Waals surface area contributed by atoms with Crippen LogP contribution >= 0.6 is 0 Å². The molecule has 4 rings (SSSR count). The van der Waals surface area contributed by atoms with Gasteiger partial charge in [0.2, 0.25) is 11.9 Å². The number of carboxylic acids is 1. The maximum Gasteiger partial charge on any atom is 0.326 e. The zero-order valence-corrected chi connectivity index (χ0v) is 30.4. The van der Waals surface area contributed by atoms with Gasteiger partial charge in [0.1, 0.15) is 17.4 Å². The Morgan fingerprint density at radius 1 is 0.855 bits per heavy atom. The highest BCUT2D eigenvalue weighted by atomic mass is 16.5. The number of amides is 2. The van der Waals surface area contributed by atoms with Crippen LogP contribution in [0.4, 0.5) is 23.0 Å². The second-order valence-corrected chi connectivity index (χ2v) is 12.1. The number of carboxylic acid groups (broad SMARTS) is 1. The van der Waals surface area contributed by atoms with E-state index in [0.717, 1.165) is 0 Å². The molecule has 0 unspecified atom stereocenters. The van der Waals surface area contributed by atoms with Crippen molar-refractivity contribution in [2.75, 3.05) is 81.0 Å². The largest absolute Gasteiger partial charge is 0.480 e. The summed E-state index contributed by atoms with van der Waals surface area (Å²) in [5, 5.41) is 23.7. The predicted molar refractivity (Wildman–Crippen MR) is 203 cm³/mol. The van der Waals surface area contributed by atoms with Crippen molar-refractivity contribution < 1.29 is 33.7 Å². The Morgan fingerprint density at radius 2 is 1.49 bits per heavy atom. The standard InChI is InChI=1S/C35H46N10O10/c1-2-37-26-27(30(48)29(26)47)39-12-4-14-54-16-18-55-17-15-53-13-3-11-38-25(46)10-9-24(34(51)52)43-32(49)21-5-7-22(8-6-21)40-19-23-20-41-31-28(42-23)33(50)45-35(36)44-31/h5-8,20,24,37,39-40H,2-4,9-19H2,1H3,(H,38,46)(H,43,49)(H,51,52)(H3,36,41,44,45,50)/t24-/m0/s1. The van der Waals surface area contributed by atoms with E-state index in [-0.39, 0.29) is 48.0 Å². The van der Waals surface area contributed by atoms with Crippen LogP contribution in [-0.4, -0.2) is 108 Å². The Kier molecular flexibility index (Phi) is 16.4. The zero-order valence-electron chi connectivity index (χ0n) is 30.4. The SMILES string of the molecule is CCNc1c(NCCCOCCOCCOCCCNC(=O)CC[C@H](NC(=O)c2ccc(NCc3cnc4nc(N)[nH]c(=O)c4n3)cc2)C(=O)O)c(=O)c1=O. The number of benzene rings is 1. The van der Waals surface area contributed by atoms with E-state index >= 15 is 0 Å². The second-order valence-electron chi connectivity index (χ2n) is 12.1. The molecular formula is C35H46N10O10.